The molecule has 44 heavy (non-hydrogen) atoms. The van der Waals surface area contributed by atoms with Gasteiger partial charge in [0.05, 0.1) is 12.7 Å². The molecule has 0 saturated heterocycles. The number of halogens is 1. The lowest BCUT2D eigenvalue weighted by atomic mass is 9.43. The summed E-state index contributed by atoms with van der Waals surface area (Å²) in [7, 11) is 0.381. The van der Waals surface area contributed by atoms with Crippen LogP contribution in [0.4, 0.5) is 4.39 Å². The Morgan fingerprint density at radius 2 is 1.84 bits per heavy atom. The Bertz CT molecular complexity index is 1420. The molecule has 2 aromatic rings. The molecular formula is C35H44BFO7. The molecule has 0 radical (unpaired) electrons. The van der Waals surface area contributed by atoms with Gasteiger partial charge in [-0.25, -0.2) is 9.18 Å². The lowest BCUT2D eigenvalue weighted by Crippen LogP contribution is -2.63. The summed E-state index contributed by atoms with van der Waals surface area (Å²) in [5, 5.41) is 10.0. The normalized spacial score (nSPS) is 36.3. The van der Waals surface area contributed by atoms with E-state index in [4.69, 9.17) is 18.9 Å². The molecule has 6 rings (SSSR count). The molecule has 8 atom stereocenters. The van der Waals surface area contributed by atoms with Crippen LogP contribution in [0.3, 0.4) is 0 Å². The summed E-state index contributed by atoms with van der Waals surface area (Å²) in [5.41, 5.74) is 0.181. The summed E-state index contributed by atoms with van der Waals surface area (Å²) < 4.78 is 38.5. The van der Waals surface area contributed by atoms with Crippen molar-refractivity contribution in [2.45, 2.75) is 85.0 Å². The molecule has 0 spiro atoms. The number of methoxy groups -OCH3 is 1. The van der Waals surface area contributed by atoms with Crippen molar-refractivity contribution in [3.8, 4) is 5.75 Å². The highest BCUT2D eigenvalue weighted by molar-refractivity contribution is 6.61. The maximum Gasteiger partial charge on any atom is 0.494 e. The van der Waals surface area contributed by atoms with Gasteiger partial charge in [-0.15, -0.1) is 0 Å². The zero-order chi connectivity index (χ0) is 31.4. The van der Waals surface area contributed by atoms with E-state index in [9.17, 15) is 14.6 Å². The van der Waals surface area contributed by atoms with Crippen LogP contribution in [-0.4, -0.2) is 49.8 Å². The van der Waals surface area contributed by atoms with E-state index < -0.39 is 42.4 Å². The molecule has 3 fully saturated rings. The average Bonchev–Trinajstić information content (AvgIpc) is 3.59. The Kier molecular flexibility index (Phi) is 8.21. The van der Waals surface area contributed by atoms with E-state index in [1.807, 2.05) is 37.3 Å². The Morgan fingerprint density at radius 1 is 1.11 bits per heavy atom. The van der Waals surface area contributed by atoms with E-state index >= 15 is 4.39 Å². The number of hydrogen-bond acceptors (Lipinski definition) is 7. The van der Waals surface area contributed by atoms with Gasteiger partial charge in [0.2, 0.25) is 0 Å². The second kappa shape index (κ2) is 11.6. The van der Waals surface area contributed by atoms with Crippen molar-refractivity contribution >= 4 is 24.3 Å². The summed E-state index contributed by atoms with van der Waals surface area (Å²) >= 11 is 0. The zero-order valence-electron chi connectivity index (χ0n) is 26.4. The van der Waals surface area contributed by atoms with Crippen molar-refractivity contribution < 1.29 is 37.9 Å². The molecule has 0 amide bonds. The predicted molar refractivity (Wildman–Crippen MR) is 164 cm³/mol. The van der Waals surface area contributed by atoms with Crippen LogP contribution in [0.5, 0.6) is 5.75 Å². The summed E-state index contributed by atoms with van der Waals surface area (Å²) in [6.07, 6.45) is 3.95. The van der Waals surface area contributed by atoms with Crippen LogP contribution >= 0.6 is 0 Å². The van der Waals surface area contributed by atoms with Gasteiger partial charge in [-0.2, -0.15) is 0 Å². The SMILES string of the molecule is CO[C@@H]1CC[C@@]23CC[C@H](C)[C@@](C)([C@H](OC(=O)COc4ccc5c(c4F)B(O)OC5)C[C@@](C)(Cc4ccccc4)C(=O)[C@@H]2C)[C@@H]13. The molecule has 236 valence electrons. The molecule has 3 aliphatic carbocycles. The number of carbonyl (C=O) groups is 2. The molecule has 1 heterocycles. The highest BCUT2D eigenvalue weighted by atomic mass is 19.1. The number of benzene rings is 2. The first kappa shape index (κ1) is 31.2. The summed E-state index contributed by atoms with van der Waals surface area (Å²) in [6, 6.07) is 13.1. The predicted octanol–water partition coefficient (Wildman–Crippen LogP) is 5.04. The van der Waals surface area contributed by atoms with Crippen molar-refractivity contribution in [2.75, 3.05) is 13.7 Å². The van der Waals surface area contributed by atoms with Crippen molar-refractivity contribution in [1.29, 1.82) is 0 Å². The minimum absolute atomic E-state index is 0.0342. The Labute approximate surface area is 259 Å². The fourth-order valence-corrected chi connectivity index (χ4v) is 9.57. The molecule has 4 aliphatic rings. The smallest absolute Gasteiger partial charge is 0.479 e. The third-order valence-electron chi connectivity index (χ3n) is 12.1. The lowest BCUT2D eigenvalue weighted by molar-refractivity contribution is -0.207. The molecular weight excluding hydrogens is 562 g/mol. The zero-order valence-corrected chi connectivity index (χ0v) is 26.4. The third-order valence-corrected chi connectivity index (χ3v) is 12.1. The number of ether oxygens (including phenoxy) is 3. The van der Waals surface area contributed by atoms with E-state index in [1.165, 1.54) is 6.07 Å². The number of ketones is 1. The largest absolute Gasteiger partial charge is 0.494 e. The maximum atomic E-state index is 15.2. The minimum atomic E-state index is -1.37. The van der Waals surface area contributed by atoms with E-state index in [0.717, 1.165) is 31.2 Å². The highest BCUT2D eigenvalue weighted by Crippen LogP contribution is 2.68. The molecule has 3 saturated carbocycles. The van der Waals surface area contributed by atoms with Gasteiger partial charge >= 0.3 is 13.1 Å². The number of fused-ring (bicyclic) bond motifs is 1. The van der Waals surface area contributed by atoms with Gasteiger partial charge in [0.25, 0.3) is 0 Å². The third kappa shape index (κ3) is 4.90. The number of carbonyl (C=O) groups excluding carboxylic acids is 2. The molecule has 0 unspecified atom stereocenters. The van der Waals surface area contributed by atoms with Crippen molar-refractivity contribution in [3.63, 3.8) is 0 Å². The van der Waals surface area contributed by atoms with Gasteiger partial charge in [-0.3, -0.25) is 4.79 Å². The van der Waals surface area contributed by atoms with Gasteiger partial charge in [0.15, 0.2) is 18.2 Å². The lowest BCUT2D eigenvalue weighted by Gasteiger charge is -2.62. The highest BCUT2D eigenvalue weighted by Gasteiger charge is 2.68. The Morgan fingerprint density at radius 3 is 2.57 bits per heavy atom. The standard InChI is InChI=1S/C35H44BFO7/c1-21-13-15-35-16-14-26(41-5)31(35)34(21,4)27(18-33(3,32(39)22(35)2)17-23-9-7-6-8-10-23)44-28(38)20-42-25-12-11-24-19-43-36(40)29(24)30(25)37/h6-12,21-22,26-27,31,40H,13-20H2,1-5H3/t21-,22-,26+,27+,31+,33+,34-,35-/m0/s1. The first-order valence-electron chi connectivity index (χ1n) is 16.0. The number of esters is 1. The summed E-state index contributed by atoms with van der Waals surface area (Å²) in [5.74, 6) is -1.19. The number of Topliss-reactive ketones (excluding diaryl/α,β-unsaturated/α-hetero) is 1. The van der Waals surface area contributed by atoms with Crippen LogP contribution in [0.25, 0.3) is 0 Å². The number of hydrogen-bond donors (Lipinski definition) is 1. The second-order valence-corrected chi connectivity index (χ2v) is 14.2. The molecule has 1 aliphatic heterocycles. The summed E-state index contributed by atoms with van der Waals surface area (Å²) in [4.78, 5) is 28.3. The van der Waals surface area contributed by atoms with E-state index in [0.29, 0.717) is 18.4 Å². The molecule has 7 nitrogen and oxygen atoms in total. The maximum absolute atomic E-state index is 15.2. The van der Waals surface area contributed by atoms with Crippen molar-refractivity contribution in [1.82, 2.24) is 0 Å². The first-order valence-corrected chi connectivity index (χ1v) is 16.0. The fourth-order valence-electron chi connectivity index (χ4n) is 9.57. The number of rotatable bonds is 7. The van der Waals surface area contributed by atoms with Crippen LogP contribution in [0.15, 0.2) is 42.5 Å². The van der Waals surface area contributed by atoms with Gasteiger partial charge in [0, 0.05) is 35.2 Å². The van der Waals surface area contributed by atoms with E-state index in [-0.39, 0.29) is 52.9 Å². The van der Waals surface area contributed by atoms with Crippen molar-refractivity contribution in [3.05, 3.63) is 59.4 Å². The quantitative estimate of drug-likeness (QED) is 0.349. The molecule has 0 aromatic heterocycles. The van der Waals surface area contributed by atoms with Gasteiger partial charge in [-0.05, 0) is 67.1 Å². The first-order chi connectivity index (χ1) is 20.9. The molecule has 2 aromatic carbocycles. The Hall–Kier alpha value is -2.75. The van der Waals surface area contributed by atoms with E-state index in [2.05, 4.69) is 20.8 Å². The molecule has 1 N–H and O–H groups in total. The van der Waals surface area contributed by atoms with Gasteiger partial charge in [0.1, 0.15) is 11.9 Å². The Balaban J connectivity index is 1.34. The van der Waals surface area contributed by atoms with Crippen LogP contribution in [0.2, 0.25) is 0 Å². The van der Waals surface area contributed by atoms with Crippen LogP contribution in [0, 0.1) is 39.8 Å². The average molecular weight is 607 g/mol. The summed E-state index contributed by atoms with van der Waals surface area (Å²) in [6.45, 7) is 8.24. The fraction of sp³-hybridized carbons (Fsp3) is 0.600. The van der Waals surface area contributed by atoms with Gasteiger partial charge < -0.3 is 23.9 Å². The second-order valence-electron chi connectivity index (χ2n) is 14.2. The van der Waals surface area contributed by atoms with Crippen molar-refractivity contribution in [2.24, 2.45) is 34.0 Å². The minimum Gasteiger partial charge on any atom is -0.479 e. The van der Waals surface area contributed by atoms with E-state index in [1.54, 1.807) is 13.2 Å². The van der Waals surface area contributed by atoms with Crippen LogP contribution in [0.1, 0.15) is 70.9 Å². The molecule has 2 bridgehead atoms. The molecule has 9 heteroatoms. The monoisotopic (exact) mass is 606 g/mol. The van der Waals surface area contributed by atoms with Crippen LogP contribution < -0.4 is 10.2 Å². The van der Waals surface area contributed by atoms with Gasteiger partial charge in [-0.1, -0.05) is 64.1 Å². The topological polar surface area (TPSA) is 91.3 Å². The van der Waals surface area contributed by atoms with Crippen LogP contribution in [-0.2, 0) is 36.7 Å².